The second kappa shape index (κ2) is 7.04. The first-order valence-electron chi connectivity index (χ1n) is 7.01. The molecule has 114 valence electrons. The maximum Gasteiger partial charge on any atom is 0.320 e. The maximum absolute atomic E-state index is 12.0. The lowest BCUT2D eigenvalue weighted by Gasteiger charge is -2.25. The molecule has 6 heteroatoms. The molecule has 0 spiro atoms. The minimum Gasteiger partial charge on any atom is -0.480 e. The molecule has 1 unspecified atom stereocenters. The van der Waals surface area contributed by atoms with Crippen molar-refractivity contribution in [1.29, 1.82) is 0 Å². The summed E-state index contributed by atoms with van der Waals surface area (Å²) in [7, 11) is 0. The largest absolute Gasteiger partial charge is 0.480 e. The molecule has 0 saturated heterocycles. The van der Waals surface area contributed by atoms with E-state index in [-0.39, 0.29) is 5.91 Å². The zero-order chi connectivity index (χ0) is 15.4. The van der Waals surface area contributed by atoms with Gasteiger partial charge in [-0.05, 0) is 38.0 Å². The van der Waals surface area contributed by atoms with Crippen LogP contribution in [0.15, 0.2) is 28.7 Å². The van der Waals surface area contributed by atoms with Crippen LogP contribution in [0.25, 0.3) is 0 Å². The molecule has 1 aliphatic carbocycles. The van der Waals surface area contributed by atoms with E-state index in [1.807, 2.05) is 29.2 Å². The van der Waals surface area contributed by atoms with E-state index in [0.717, 1.165) is 23.0 Å². The van der Waals surface area contributed by atoms with Gasteiger partial charge in [-0.3, -0.25) is 14.5 Å². The molecule has 0 aliphatic heterocycles. The summed E-state index contributed by atoms with van der Waals surface area (Å²) in [5, 5.41) is 11.9. The summed E-state index contributed by atoms with van der Waals surface area (Å²) in [4.78, 5) is 25.0. The van der Waals surface area contributed by atoms with Crippen LogP contribution in [-0.2, 0) is 9.59 Å². The van der Waals surface area contributed by atoms with E-state index >= 15 is 0 Å². The molecule has 1 atom stereocenters. The fourth-order valence-electron chi connectivity index (χ4n) is 2.26. The number of halogens is 1. The Bertz CT molecular complexity index is 531. The van der Waals surface area contributed by atoms with Crippen molar-refractivity contribution in [2.75, 3.05) is 11.9 Å². The second-order valence-corrected chi connectivity index (χ2v) is 6.21. The smallest absolute Gasteiger partial charge is 0.320 e. The molecule has 0 bridgehead atoms. The molecule has 1 aromatic carbocycles. The molecular weight excluding hydrogens is 336 g/mol. The molecule has 0 aromatic heterocycles. The van der Waals surface area contributed by atoms with Crippen molar-refractivity contribution < 1.29 is 14.7 Å². The molecule has 2 rings (SSSR count). The van der Waals surface area contributed by atoms with E-state index < -0.39 is 12.0 Å². The third-order valence-corrected chi connectivity index (χ3v) is 4.07. The predicted molar refractivity (Wildman–Crippen MR) is 84.2 cm³/mol. The Hall–Kier alpha value is -1.40. The molecule has 1 amide bonds. The molecule has 2 N–H and O–H groups in total. The number of nitrogens with one attached hydrogen (secondary N) is 1. The number of carboxylic acids is 1. The Labute approximate surface area is 132 Å². The third-order valence-electron chi connectivity index (χ3n) is 3.58. The fraction of sp³-hybridized carbons (Fsp3) is 0.467. The van der Waals surface area contributed by atoms with Gasteiger partial charge in [0, 0.05) is 29.2 Å². The first kappa shape index (κ1) is 16.0. The van der Waals surface area contributed by atoms with E-state index in [0.29, 0.717) is 19.0 Å². The number of carbonyl (C=O) groups excluding carboxylic acids is 1. The van der Waals surface area contributed by atoms with Crippen molar-refractivity contribution in [2.24, 2.45) is 0 Å². The number of carboxylic acid groups (broad SMARTS) is 1. The number of hydrogen-bond acceptors (Lipinski definition) is 3. The van der Waals surface area contributed by atoms with E-state index in [9.17, 15) is 9.59 Å². The van der Waals surface area contributed by atoms with Crippen molar-refractivity contribution in [2.45, 2.75) is 38.3 Å². The molecule has 5 nitrogen and oxygen atoms in total. The molecular formula is C15H19BrN2O3. The Morgan fingerprint density at radius 3 is 2.76 bits per heavy atom. The average Bonchev–Trinajstić information content (AvgIpc) is 3.23. The zero-order valence-electron chi connectivity index (χ0n) is 11.9. The SMILES string of the molecule is CC(C(=O)O)N(CCC(=O)Nc1cccc(Br)c1)C1CC1. The van der Waals surface area contributed by atoms with Crippen LogP contribution in [-0.4, -0.2) is 40.5 Å². The number of hydrogen-bond donors (Lipinski definition) is 2. The molecule has 1 fully saturated rings. The summed E-state index contributed by atoms with van der Waals surface area (Å²) in [6.45, 7) is 2.14. The number of amides is 1. The van der Waals surface area contributed by atoms with Crippen LogP contribution in [0.2, 0.25) is 0 Å². The Morgan fingerprint density at radius 2 is 2.19 bits per heavy atom. The van der Waals surface area contributed by atoms with Crippen LogP contribution < -0.4 is 5.32 Å². The Balaban J connectivity index is 1.86. The van der Waals surface area contributed by atoms with Crippen molar-refractivity contribution in [1.82, 2.24) is 4.90 Å². The molecule has 21 heavy (non-hydrogen) atoms. The summed E-state index contributed by atoms with van der Waals surface area (Å²) in [5.74, 6) is -0.939. The fourth-order valence-corrected chi connectivity index (χ4v) is 2.66. The van der Waals surface area contributed by atoms with Gasteiger partial charge < -0.3 is 10.4 Å². The summed E-state index contributed by atoms with van der Waals surface area (Å²) in [5.41, 5.74) is 0.735. The monoisotopic (exact) mass is 354 g/mol. The van der Waals surface area contributed by atoms with Crippen molar-refractivity contribution >= 4 is 33.5 Å². The molecule has 1 aliphatic rings. The van der Waals surface area contributed by atoms with E-state index in [2.05, 4.69) is 21.2 Å². The molecule has 0 radical (unpaired) electrons. The predicted octanol–water partition coefficient (Wildman–Crippen LogP) is 2.72. The minimum atomic E-state index is -0.839. The quantitative estimate of drug-likeness (QED) is 0.789. The van der Waals surface area contributed by atoms with Crippen LogP contribution in [0.1, 0.15) is 26.2 Å². The Morgan fingerprint density at radius 1 is 1.48 bits per heavy atom. The maximum atomic E-state index is 12.0. The molecule has 1 aromatic rings. The lowest BCUT2D eigenvalue weighted by atomic mass is 10.2. The third kappa shape index (κ3) is 4.82. The van der Waals surface area contributed by atoms with Gasteiger partial charge in [-0.2, -0.15) is 0 Å². The first-order chi connectivity index (χ1) is 9.97. The number of carbonyl (C=O) groups is 2. The summed E-state index contributed by atoms with van der Waals surface area (Å²) in [6, 6.07) is 7.16. The lowest BCUT2D eigenvalue weighted by Crippen LogP contribution is -2.42. The number of nitrogens with zero attached hydrogens (tertiary/aromatic N) is 1. The van der Waals surface area contributed by atoms with E-state index in [1.54, 1.807) is 6.92 Å². The second-order valence-electron chi connectivity index (χ2n) is 5.29. The number of aliphatic carboxylic acids is 1. The van der Waals surface area contributed by atoms with Crippen LogP contribution in [0.3, 0.4) is 0 Å². The van der Waals surface area contributed by atoms with Crippen LogP contribution >= 0.6 is 15.9 Å². The minimum absolute atomic E-state index is 0.101. The van der Waals surface area contributed by atoms with Crippen LogP contribution in [0.5, 0.6) is 0 Å². The van der Waals surface area contributed by atoms with E-state index in [1.165, 1.54) is 0 Å². The van der Waals surface area contributed by atoms with Crippen LogP contribution in [0, 0.1) is 0 Å². The normalized spacial score (nSPS) is 15.8. The van der Waals surface area contributed by atoms with Gasteiger partial charge in [-0.25, -0.2) is 0 Å². The van der Waals surface area contributed by atoms with Gasteiger partial charge >= 0.3 is 5.97 Å². The standard InChI is InChI=1S/C15H19BrN2O3/c1-10(15(20)21)18(13-5-6-13)8-7-14(19)17-12-4-2-3-11(16)9-12/h2-4,9-10,13H,5-8H2,1H3,(H,17,19)(H,20,21). The Kier molecular flexibility index (Phi) is 5.36. The van der Waals surface area contributed by atoms with Gasteiger partial charge in [0.25, 0.3) is 0 Å². The summed E-state index contributed by atoms with van der Waals surface area (Å²) in [6.07, 6.45) is 2.33. The molecule has 0 heterocycles. The van der Waals surface area contributed by atoms with Crippen molar-refractivity contribution in [3.05, 3.63) is 28.7 Å². The molecule has 1 saturated carbocycles. The number of benzene rings is 1. The summed E-state index contributed by atoms with van der Waals surface area (Å²) < 4.78 is 0.902. The van der Waals surface area contributed by atoms with Crippen molar-refractivity contribution in [3.63, 3.8) is 0 Å². The highest BCUT2D eigenvalue weighted by molar-refractivity contribution is 9.10. The highest BCUT2D eigenvalue weighted by atomic mass is 79.9. The topological polar surface area (TPSA) is 69.6 Å². The van der Waals surface area contributed by atoms with Crippen molar-refractivity contribution in [3.8, 4) is 0 Å². The van der Waals surface area contributed by atoms with Gasteiger partial charge in [0.15, 0.2) is 0 Å². The first-order valence-corrected chi connectivity index (χ1v) is 7.80. The van der Waals surface area contributed by atoms with Gasteiger partial charge in [0.05, 0.1) is 0 Å². The van der Waals surface area contributed by atoms with Gasteiger partial charge in [0.2, 0.25) is 5.91 Å². The highest BCUT2D eigenvalue weighted by Gasteiger charge is 2.34. The summed E-state index contributed by atoms with van der Waals surface area (Å²) >= 11 is 3.35. The highest BCUT2D eigenvalue weighted by Crippen LogP contribution is 2.28. The zero-order valence-corrected chi connectivity index (χ0v) is 13.5. The van der Waals surface area contributed by atoms with E-state index in [4.69, 9.17) is 5.11 Å². The lowest BCUT2D eigenvalue weighted by molar-refractivity contribution is -0.143. The average molecular weight is 355 g/mol. The van der Waals surface area contributed by atoms with Gasteiger partial charge in [-0.15, -0.1) is 0 Å². The van der Waals surface area contributed by atoms with Crippen LogP contribution in [0.4, 0.5) is 5.69 Å². The van der Waals surface area contributed by atoms with Gasteiger partial charge in [-0.1, -0.05) is 22.0 Å². The number of anilines is 1. The number of rotatable bonds is 7. The van der Waals surface area contributed by atoms with Gasteiger partial charge in [0.1, 0.15) is 6.04 Å².